The van der Waals surface area contributed by atoms with Crippen LogP contribution in [0.3, 0.4) is 0 Å². The van der Waals surface area contributed by atoms with Crippen molar-refractivity contribution in [1.29, 1.82) is 0 Å². The molecule has 4 heteroatoms. The molecule has 0 aromatic heterocycles. The van der Waals surface area contributed by atoms with Crippen LogP contribution in [0.25, 0.3) is 6.08 Å². The molecular formula is C18H16O4. The summed E-state index contributed by atoms with van der Waals surface area (Å²) in [4.78, 5) is 12.5. The summed E-state index contributed by atoms with van der Waals surface area (Å²) in [6, 6.07) is 10.6. The molecule has 1 aliphatic rings. The van der Waals surface area contributed by atoms with Crippen molar-refractivity contribution in [2.24, 2.45) is 0 Å². The number of fused-ring (bicyclic) bond motifs is 1. The van der Waals surface area contributed by atoms with Gasteiger partial charge < -0.3 is 14.6 Å². The first-order valence-corrected chi connectivity index (χ1v) is 6.91. The number of phenolic OH excluding ortho intramolecular Hbond substituents is 1. The Morgan fingerprint density at radius 3 is 2.64 bits per heavy atom. The predicted octanol–water partition coefficient (Wildman–Crippen LogP) is 3.23. The molecule has 112 valence electrons. The second kappa shape index (κ2) is 5.56. The maximum absolute atomic E-state index is 12.5. The van der Waals surface area contributed by atoms with Crippen molar-refractivity contribution in [3.05, 3.63) is 58.7 Å². The molecule has 3 rings (SSSR count). The van der Waals surface area contributed by atoms with Crippen LogP contribution in [0.15, 0.2) is 42.0 Å². The van der Waals surface area contributed by atoms with Crippen molar-refractivity contribution in [1.82, 2.24) is 0 Å². The topological polar surface area (TPSA) is 55.8 Å². The van der Waals surface area contributed by atoms with Crippen molar-refractivity contribution in [3.63, 3.8) is 0 Å². The molecule has 0 heterocycles. The number of carbonyl (C=O) groups is 1. The van der Waals surface area contributed by atoms with Gasteiger partial charge in [-0.15, -0.1) is 0 Å². The fraction of sp³-hybridized carbons (Fsp3) is 0.167. The number of rotatable bonds is 3. The number of benzene rings is 2. The number of Topliss-reactive ketones (excluding diaryl/α,β-unsaturated/α-hetero) is 1. The monoisotopic (exact) mass is 296 g/mol. The van der Waals surface area contributed by atoms with Crippen LogP contribution in [0, 0.1) is 0 Å². The fourth-order valence-corrected chi connectivity index (χ4v) is 2.61. The van der Waals surface area contributed by atoms with Gasteiger partial charge in [0.05, 0.1) is 14.2 Å². The Hall–Kier alpha value is -2.75. The molecule has 0 radical (unpaired) electrons. The highest BCUT2D eigenvalue weighted by Gasteiger charge is 2.25. The van der Waals surface area contributed by atoms with Crippen LogP contribution >= 0.6 is 0 Å². The zero-order valence-electron chi connectivity index (χ0n) is 12.4. The number of hydrogen-bond donors (Lipinski definition) is 1. The summed E-state index contributed by atoms with van der Waals surface area (Å²) < 4.78 is 10.3. The molecule has 0 atom stereocenters. The van der Waals surface area contributed by atoms with Crippen molar-refractivity contribution in [2.75, 3.05) is 14.2 Å². The highest BCUT2D eigenvalue weighted by atomic mass is 16.5. The summed E-state index contributed by atoms with van der Waals surface area (Å²) >= 11 is 0. The van der Waals surface area contributed by atoms with Crippen LogP contribution in [0.5, 0.6) is 17.2 Å². The first-order valence-electron chi connectivity index (χ1n) is 6.91. The van der Waals surface area contributed by atoms with Crippen LogP contribution in [0.1, 0.15) is 21.5 Å². The molecule has 0 saturated heterocycles. The molecule has 0 fully saturated rings. The third-order valence-electron chi connectivity index (χ3n) is 3.78. The molecule has 0 saturated carbocycles. The number of methoxy groups -OCH3 is 2. The molecule has 1 N–H and O–H groups in total. The third kappa shape index (κ3) is 2.44. The molecular weight excluding hydrogens is 280 g/mol. The van der Waals surface area contributed by atoms with Gasteiger partial charge in [0.25, 0.3) is 0 Å². The minimum Gasteiger partial charge on any atom is -0.504 e. The molecule has 0 bridgehead atoms. The van der Waals surface area contributed by atoms with Gasteiger partial charge in [0.15, 0.2) is 17.3 Å². The second-order valence-corrected chi connectivity index (χ2v) is 5.13. The number of carbonyl (C=O) groups excluding carboxylic acids is 1. The van der Waals surface area contributed by atoms with Gasteiger partial charge in [0.2, 0.25) is 0 Å². The quantitative estimate of drug-likeness (QED) is 0.884. The molecule has 2 aromatic carbocycles. The van der Waals surface area contributed by atoms with Gasteiger partial charge in [-0.1, -0.05) is 12.1 Å². The minimum atomic E-state index is 0.0148. The molecule has 4 nitrogen and oxygen atoms in total. The number of hydrogen-bond acceptors (Lipinski definition) is 4. The predicted molar refractivity (Wildman–Crippen MR) is 83.7 cm³/mol. The van der Waals surface area contributed by atoms with Crippen LogP contribution in [-0.2, 0) is 6.42 Å². The van der Waals surface area contributed by atoms with Gasteiger partial charge in [0, 0.05) is 17.6 Å². The van der Waals surface area contributed by atoms with E-state index in [2.05, 4.69) is 0 Å². The van der Waals surface area contributed by atoms with Crippen molar-refractivity contribution >= 4 is 11.9 Å². The van der Waals surface area contributed by atoms with Crippen LogP contribution in [0.4, 0.5) is 0 Å². The van der Waals surface area contributed by atoms with E-state index < -0.39 is 0 Å². The van der Waals surface area contributed by atoms with E-state index in [4.69, 9.17) is 9.47 Å². The molecule has 0 spiro atoms. The van der Waals surface area contributed by atoms with Crippen LogP contribution in [-0.4, -0.2) is 25.1 Å². The average molecular weight is 296 g/mol. The Balaban J connectivity index is 1.95. The lowest BCUT2D eigenvalue weighted by Crippen LogP contribution is -1.96. The standard InChI is InChI=1S/C18H16O4/c1-21-14-5-4-12-9-13(18(20)15(12)10-14)7-11-3-6-16(19)17(8-11)22-2/h3-8,10,19H,9H2,1-2H3/b13-7+. The SMILES string of the molecule is COc1ccc2c(c1)C(=O)/C(=C/c1ccc(O)c(OC)c1)C2. The highest BCUT2D eigenvalue weighted by Crippen LogP contribution is 2.32. The van der Waals surface area contributed by atoms with Crippen molar-refractivity contribution < 1.29 is 19.4 Å². The van der Waals surface area contributed by atoms with E-state index in [1.165, 1.54) is 7.11 Å². The van der Waals surface area contributed by atoms with Gasteiger partial charge in [-0.2, -0.15) is 0 Å². The van der Waals surface area contributed by atoms with Gasteiger partial charge in [0.1, 0.15) is 5.75 Å². The molecule has 1 aliphatic carbocycles. The Bertz CT molecular complexity index is 775. The van der Waals surface area contributed by atoms with Gasteiger partial charge in [-0.3, -0.25) is 4.79 Å². The number of ketones is 1. The Labute approximate surface area is 128 Å². The van der Waals surface area contributed by atoms with E-state index in [1.54, 1.807) is 31.4 Å². The summed E-state index contributed by atoms with van der Waals surface area (Å²) in [6.45, 7) is 0. The van der Waals surface area contributed by atoms with E-state index in [-0.39, 0.29) is 11.5 Å². The first-order chi connectivity index (χ1) is 10.6. The smallest absolute Gasteiger partial charge is 0.189 e. The second-order valence-electron chi connectivity index (χ2n) is 5.13. The zero-order valence-corrected chi connectivity index (χ0v) is 12.4. The number of ether oxygens (including phenoxy) is 2. The number of aromatic hydroxyl groups is 1. The van der Waals surface area contributed by atoms with Crippen molar-refractivity contribution in [3.8, 4) is 17.2 Å². The minimum absolute atomic E-state index is 0.0148. The van der Waals surface area contributed by atoms with Gasteiger partial charge in [-0.25, -0.2) is 0 Å². The first kappa shape index (κ1) is 14.2. The van der Waals surface area contributed by atoms with Crippen LogP contribution in [0.2, 0.25) is 0 Å². The lowest BCUT2D eigenvalue weighted by Gasteiger charge is -2.04. The molecule has 0 aliphatic heterocycles. The van der Waals surface area contributed by atoms with E-state index in [0.717, 1.165) is 16.7 Å². The van der Waals surface area contributed by atoms with Crippen LogP contribution < -0.4 is 9.47 Å². The van der Waals surface area contributed by atoms with E-state index in [0.29, 0.717) is 23.5 Å². The van der Waals surface area contributed by atoms with E-state index >= 15 is 0 Å². The molecule has 0 amide bonds. The normalized spacial score (nSPS) is 15.0. The summed E-state index contributed by atoms with van der Waals surface area (Å²) in [6.07, 6.45) is 2.43. The maximum Gasteiger partial charge on any atom is 0.189 e. The number of phenols is 1. The molecule has 22 heavy (non-hydrogen) atoms. The number of allylic oxidation sites excluding steroid dienone is 1. The summed E-state index contributed by atoms with van der Waals surface area (Å²) in [5.41, 5.74) is 3.23. The van der Waals surface area contributed by atoms with Gasteiger partial charge in [-0.05, 0) is 41.5 Å². The zero-order chi connectivity index (χ0) is 15.7. The highest BCUT2D eigenvalue weighted by molar-refractivity contribution is 6.15. The lowest BCUT2D eigenvalue weighted by molar-refractivity contribution is 0.104. The summed E-state index contributed by atoms with van der Waals surface area (Å²) in [5, 5.41) is 9.62. The Kier molecular flexibility index (Phi) is 3.59. The Morgan fingerprint density at radius 1 is 1.09 bits per heavy atom. The third-order valence-corrected chi connectivity index (χ3v) is 3.78. The van der Waals surface area contributed by atoms with E-state index in [1.807, 2.05) is 18.2 Å². The van der Waals surface area contributed by atoms with Gasteiger partial charge >= 0.3 is 0 Å². The Morgan fingerprint density at radius 2 is 1.91 bits per heavy atom. The summed E-state index contributed by atoms with van der Waals surface area (Å²) in [5.74, 6) is 1.16. The largest absolute Gasteiger partial charge is 0.504 e. The lowest BCUT2D eigenvalue weighted by atomic mass is 10.1. The fourth-order valence-electron chi connectivity index (χ4n) is 2.61. The van der Waals surface area contributed by atoms with E-state index in [9.17, 15) is 9.90 Å². The molecule has 2 aromatic rings. The average Bonchev–Trinajstić information content (AvgIpc) is 2.85. The van der Waals surface area contributed by atoms with Crippen molar-refractivity contribution in [2.45, 2.75) is 6.42 Å². The summed E-state index contributed by atoms with van der Waals surface area (Å²) in [7, 11) is 3.08. The maximum atomic E-state index is 12.5. The molecule has 0 unspecified atom stereocenters.